The molecule has 1 aliphatic carbocycles. The molecule has 1 aromatic heterocycles. The second-order valence-corrected chi connectivity index (χ2v) is 5.17. The highest BCUT2D eigenvalue weighted by Gasteiger charge is 2.19. The van der Waals surface area contributed by atoms with Gasteiger partial charge in [-0.15, -0.1) is 0 Å². The third-order valence-corrected chi connectivity index (χ3v) is 3.92. The lowest BCUT2D eigenvalue weighted by molar-refractivity contribution is 0.262. The van der Waals surface area contributed by atoms with Crippen LogP contribution in [0.5, 0.6) is 0 Å². The second kappa shape index (κ2) is 6.70. The zero-order valence-electron chi connectivity index (χ0n) is 10.7. The van der Waals surface area contributed by atoms with Crippen LogP contribution in [0.1, 0.15) is 44.6 Å². The van der Waals surface area contributed by atoms with E-state index in [9.17, 15) is 0 Å². The largest absolute Gasteiger partial charge is 0.312 e. The monoisotopic (exact) mass is 233 g/mol. The molecule has 1 fully saturated rings. The van der Waals surface area contributed by atoms with Crippen LogP contribution in [0.4, 0.5) is 0 Å². The van der Waals surface area contributed by atoms with Crippen molar-refractivity contribution in [3.63, 3.8) is 0 Å². The summed E-state index contributed by atoms with van der Waals surface area (Å²) >= 11 is 0. The number of aromatic nitrogens is 2. The smallest absolute Gasteiger partial charge is 0.115 e. The molecule has 0 aromatic carbocycles. The molecule has 1 aliphatic rings. The van der Waals surface area contributed by atoms with E-state index in [0.29, 0.717) is 0 Å². The molecule has 1 saturated carbocycles. The Kier molecular flexibility index (Phi) is 4.92. The first-order valence-electron chi connectivity index (χ1n) is 6.83. The summed E-state index contributed by atoms with van der Waals surface area (Å²) in [4.78, 5) is 8.04. The van der Waals surface area contributed by atoms with Gasteiger partial charge < -0.3 is 5.32 Å². The normalized spacial score (nSPS) is 24.8. The fourth-order valence-corrected chi connectivity index (χ4v) is 2.69. The number of rotatable bonds is 5. The first kappa shape index (κ1) is 12.5. The van der Waals surface area contributed by atoms with Gasteiger partial charge in [-0.1, -0.05) is 26.2 Å². The molecule has 0 unspecified atom stereocenters. The van der Waals surface area contributed by atoms with Crippen LogP contribution < -0.4 is 5.32 Å². The summed E-state index contributed by atoms with van der Waals surface area (Å²) in [6.45, 7) is 4.36. The van der Waals surface area contributed by atoms with Crippen molar-refractivity contribution in [2.45, 2.75) is 45.6 Å². The van der Waals surface area contributed by atoms with Crippen molar-refractivity contribution in [2.24, 2.45) is 11.8 Å². The van der Waals surface area contributed by atoms with Crippen molar-refractivity contribution >= 4 is 0 Å². The Balaban J connectivity index is 1.63. The Labute approximate surface area is 104 Å². The van der Waals surface area contributed by atoms with Crippen LogP contribution in [0.15, 0.2) is 18.7 Å². The molecule has 94 valence electrons. The molecule has 0 atom stereocenters. The minimum absolute atomic E-state index is 0.877. The van der Waals surface area contributed by atoms with Crippen LogP contribution in [-0.4, -0.2) is 16.5 Å². The Morgan fingerprint density at radius 3 is 2.41 bits per heavy atom. The van der Waals surface area contributed by atoms with Crippen LogP contribution in [0.2, 0.25) is 0 Å². The summed E-state index contributed by atoms with van der Waals surface area (Å²) in [7, 11) is 0. The van der Waals surface area contributed by atoms with Crippen LogP contribution in [0, 0.1) is 11.8 Å². The lowest BCUT2D eigenvalue weighted by atomic mass is 9.81. The zero-order valence-corrected chi connectivity index (χ0v) is 10.7. The Hall–Kier alpha value is -0.960. The average Bonchev–Trinajstić information content (AvgIpc) is 2.41. The van der Waals surface area contributed by atoms with E-state index in [4.69, 9.17) is 0 Å². The minimum Gasteiger partial charge on any atom is -0.312 e. The van der Waals surface area contributed by atoms with E-state index in [0.717, 1.165) is 24.9 Å². The van der Waals surface area contributed by atoms with Gasteiger partial charge in [0.05, 0.1) is 0 Å². The maximum absolute atomic E-state index is 4.02. The van der Waals surface area contributed by atoms with Crippen molar-refractivity contribution in [3.8, 4) is 0 Å². The van der Waals surface area contributed by atoms with Gasteiger partial charge in [-0.2, -0.15) is 0 Å². The predicted octanol–water partition coefficient (Wildman–Crippen LogP) is 2.78. The average molecular weight is 233 g/mol. The number of nitrogens with one attached hydrogen (secondary N) is 1. The third kappa shape index (κ3) is 4.08. The van der Waals surface area contributed by atoms with Gasteiger partial charge >= 0.3 is 0 Å². The molecule has 0 spiro atoms. The maximum atomic E-state index is 4.02. The summed E-state index contributed by atoms with van der Waals surface area (Å²) in [6.07, 6.45) is 12.4. The summed E-state index contributed by atoms with van der Waals surface area (Å²) in [6, 6.07) is 0. The first-order valence-corrected chi connectivity index (χ1v) is 6.83. The van der Waals surface area contributed by atoms with Crippen molar-refractivity contribution < 1.29 is 0 Å². The lowest BCUT2D eigenvalue weighted by Gasteiger charge is -2.27. The Morgan fingerprint density at radius 2 is 1.76 bits per heavy atom. The molecule has 0 saturated heterocycles. The maximum Gasteiger partial charge on any atom is 0.115 e. The van der Waals surface area contributed by atoms with E-state index >= 15 is 0 Å². The van der Waals surface area contributed by atoms with Gasteiger partial charge in [0, 0.05) is 24.5 Å². The molecule has 0 aliphatic heterocycles. The van der Waals surface area contributed by atoms with Crippen molar-refractivity contribution in [1.82, 2.24) is 15.3 Å². The summed E-state index contributed by atoms with van der Waals surface area (Å²) in [5.41, 5.74) is 1.18. The van der Waals surface area contributed by atoms with Crippen LogP contribution >= 0.6 is 0 Å². The van der Waals surface area contributed by atoms with Gasteiger partial charge in [-0.25, -0.2) is 9.97 Å². The SMILES string of the molecule is CCC1CCC(CNCc2cncnc2)CC1. The van der Waals surface area contributed by atoms with Crippen molar-refractivity contribution in [3.05, 3.63) is 24.3 Å². The highest BCUT2D eigenvalue weighted by molar-refractivity contribution is 5.01. The zero-order chi connectivity index (χ0) is 11.9. The van der Waals surface area contributed by atoms with Gasteiger partial charge in [-0.3, -0.25) is 0 Å². The summed E-state index contributed by atoms with van der Waals surface area (Å²) in [5, 5.41) is 3.52. The molecule has 0 radical (unpaired) electrons. The highest BCUT2D eigenvalue weighted by Crippen LogP contribution is 2.30. The topological polar surface area (TPSA) is 37.8 Å². The minimum atomic E-state index is 0.877. The van der Waals surface area contributed by atoms with Crippen molar-refractivity contribution in [1.29, 1.82) is 0 Å². The molecule has 2 rings (SSSR count). The molecule has 17 heavy (non-hydrogen) atoms. The third-order valence-electron chi connectivity index (χ3n) is 3.92. The van der Waals surface area contributed by atoms with E-state index in [1.54, 1.807) is 6.33 Å². The second-order valence-electron chi connectivity index (χ2n) is 5.17. The van der Waals surface area contributed by atoms with E-state index < -0.39 is 0 Å². The van der Waals surface area contributed by atoms with Gasteiger partial charge in [0.15, 0.2) is 0 Å². The number of nitrogens with zero attached hydrogens (tertiary/aromatic N) is 2. The van der Waals surface area contributed by atoms with E-state index in [-0.39, 0.29) is 0 Å². The van der Waals surface area contributed by atoms with Gasteiger partial charge in [-0.05, 0) is 31.2 Å². The van der Waals surface area contributed by atoms with Crippen LogP contribution in [0.3, 0.4) is 0 Å². The molecule has 3 heteroatoms. The fourth-order valence-electron chi connectivity index (χ4n) is 2.69. The van der Waals surface area contributed by atoms with E-state index in [2.05, 4.69) is 22.2 Å². The quantitative estimate of drug-likeness (QED) is 0.849. The summed E-state index contributed by atoms with van der Waals surface area (Å²) in [5.74, 6) is 1.87. The molecule has 0 bridgehead atoms. The Bertz CT molecular complexity index is 305. The standard InChI is InChI=1S/C14H23N3/c1-2-12-3-5-13(6-4-12)7-15-8-14-9-16-11-17-10-14/h9-13,15H,2-8H2,1H3. The van der Waals surface area contributed by atoms with Gasteiger partial charge in [0.25, 0.3) is 0 Å². The van der Waals surface area contributed by atoms with Gasteiger partial charge in [0.1, 0.15) is 6.33 Å². The number of hydrogen-bond acceptors (Lipinski definition) is 3. The predicted molar refractivity (Wildman–Crippen MR) is 69.5 cm³/mol. The highest BCUT2D eigenvalue weighted by atomic mass is 14.9. The fraction of sp³-hybridized carbons (Fsp3) is 0.714. The van der Waals surface area contributed by atoms with E-state index in [1.807, 2.05) is 12.4 Å². The molecule has 1 heterocycles. The van der Waals surface area contributed by atoms with E-state index in [1.165, 1.54) is 37.7 Å². The molecule has 1 aromatic rings. The first-order chi connectivity index (χ1) is 8.38. The molecule has 1 N–H and O–H groups in total. The van der Waals surface area contributed by atoms with Crippen LogP contribution in [0.25, 0.3) is 0 Å². The molecule has 3 nitrogen and oxygen atoms in total. The molecular formula is C14H23N3. The van der Waals surface area contributed by atoms with Crippen LogP contribution in [-0.2, 0) is 6.54 Å². The van der Waals surface area contributed by atoms with Gasteiger partial charge in [0.2, 0.25) is 0 Å². The number of hydrogen-bond donors (Lipinski definition) is 1. The lowest BCUT2D eigenvalue weighted by Crippen LogP contribution is -2.26. The summed E-state index contributed by atoms with van der Waals surface area (Å²) < 4.78 is 0. The van der Waals surface area contributed by atoms with Crippen molar-refractivity contribution in [2.75, 3.05) is 6.54 Å². The Morgan fingerprint density at radius 1 is 1.12 bits per heavy atom. The molecular weight excluding hydrogens is 210 g/mol. The molecule has 0 amide bonds.